The minimum Gasteiger partial charge on any atom is -0.369 e. The van der Waals surface area contributed by atoms with Gasteiger partial charge in [0.25, 0.3) is 0 Å². The summed E-state index contributed by atoms with van der Waals surface area (Å²) in [4.78, 5) is 0. The molecular formula is C42H38O4P2+2. The van der Waals surface area contributed by atoms with Crippen molar-refractivity contribution in [1.29, 1.82) is 0 Å². The van der Waals surface area contributed by atoms with Crippen molar-refractivity contribution < 1.29 is 18.5 Å². The standard InChI is InChI=1S/C42H38O4P2/c1-7-19-33(20-8-1)47(34-21-9-2-10-22-34,35-23-11-3-12-24-35)45-39-31-43-42-40(32-44-41(39)42)46-48(36-25-13-4-14-26-36,37-27-15-5-16-28-37)38-29-17-6-18-30-38/h1-30,39-42H,31-32H2/q+2/t39-,40-,41-,42-/m1/s1. The summed E-state index contributed by atoms with van der Waals surface area (Å²) in [6, 6.07) is 63.9. The van der Waals surface area contributed by atoms with E-state index in [1.807, 2.05) is 0 Å². The van der Waals surface area contributed by atoms with Crippen molar-refractivity contribution >= 4 is 46.8 Å². The first-order valence-corrected chi connectivity index (χ1v) is 19.9. The Hall–Kier alpha value is -3.98. The first kappa shape index (κ1) is 31.3. The topological polar surface area (TPSA) is 36.9 Å². The van der Waals surface area contributed by atoms with Gasteiger partial charge in [0.15, 0.2) is 12.2 Å². The predicted molar refractivity (Wildman–Crippen MR) is 200 cm³/mol. The van der Waals surface area contributed by atoms with Crippen LogP contribution in [0.3, 0.4) is 0 Å². The highest BCUT2D eigenvalue weighted by Gasteiger charge is 2.60. The number of fused-ring (bicyclic) bond motifs is 1. The first-order valence-electron chi connectivity index (χ1n) is 16.5. The lowest BCUT2D eigenvalue weighted by molar-refractivity contribution is 0.0251. The fourth-order valence-corrected chi connectivity index (χ4v) is 14.3. The normalized spacial score (nSPS) is 20.8. The van der Waals surface area contributed by atoms with Crippen LogP contribution < -0.4 is 31.8 Å². The molecule has 6 heteroatoms. The van der Waals surface area contributed by atoms with Gasteiger partial charge in [0, 0.05) is 0 Å². The van der Waals surface area contributed by atoms with E-state index in [0.717, 1.165) is 0 Å². The number of hydrogen-bond acceptors (Lipinski definition) is 4. The first-order chi connectivity index (χ1) is 23.8. The van der Waals surface area contributed by atoms with Gasteiger partial charge in [-0.2, -0.15) is 0 Å². The Kier molecular flexibility index (Phi) is 9.04. The van der Waals surface area contributed by atoms with Gasteiger partial charge in [0.05, 0.1) is 13.2 Å². The summed E-state index contributed by atoms with van der Waals surface area (Å²) in [6.07, 6.45) is -1.10. The van der Waals surface area contributed by atoms with Crippen molar-refractivity contribution in [2.24, 2.45) is 0 Å². The van der Waals surface area contributed by atoms with E-state index in [1.165, 1.54) is 31.8 Å². The van der Waals surface area contributed by atoms with Crippen LogP contribution in [0.4, 0.5) is 0 Å². The van der Waals surface area contributed by atoms with E-state index < -0.39 is 15.0 Å². The molecule has 48 heavy (non-hydrogen) atoms. The molecule has 0 spiro atoms. The molecule has 0 saturated carbocycles. The molecule has 2 aliphatic heterocycles. The molecule has 2 saturated heterocycles. The minimum absolute atomic E-state index is 0.269. The second-order valence-electron chi connectivity index (χ2n) is 12.1. The Labute approximate surface area is 284 Å². The summed E-state index contributed by atoms with van der Waals surface area (Å²) < 4.78 is 28.4. The summed E-state index contributed by atoms with van der Waals surface area (Å²) >= 11 is 0. The van der Waals surface area contributed by atoms with Crippen LogP contribution >= 0.6 is 15.0 Å². The highest BCUT2D eigenvalue weighted by atomic mass is 31.2. The van der Waals surface area contributed by atoms with Crippen LogP contribution in [-0.2, 0) is 18.5 Å². The minimum atomic E-state index is -2.55. The number of rotatable bonds is 10. The van der Waals surface area contributed by atoms with Gasteiger partial charge < -0.3 is 9.47 Å². The Bertz CT molecular complexity index is 1560. The van der Waals surface area contributed by atoms with Crippen molar-refractivity contribution in [2.75, 3.05) is 13.2 Å². The van der Waals surface area contributed by atoms with Crippen LogP contribution in [0.1, 0.15) is 0 Å². The van der Waals surface area contributed by atoms with E-state index in [-0.39, 0.29) is 24.4 Å². The van der Waals surface area contributed by atoms with Crippen molar-refractivity contribution in [3.05, 3.63) is 182 Å². The molecule has 6 aromatic carbocycles. The largest absolute Gasteiger partial charge is 0.369 e. The molecule has 0 radical (unpaired) electrons. The summed E-state index contributed by atoms with van der Waals surface area (Å²) in [5.41, 5.74) is 0. The van der Waals surface area contributed by atoms with Gasteiger partial charge in [-0.1, -0.05) is 109 Å². The van der Waals surface area contributed by atoms with Crippen LogP contribution in [0.25, 0.3) is 0 Å². The van der Waals surface area contributed by atoms with Gasteiger partial charge in [-0.25, -0.2) is 9.05 Å². The van der Waals surface area contributed by atoms with Gasteiger partial charge in [0.1, 0.15) is 44.0 Å². The van der Waals surface area contributed by atoms with E-state index in [0.29, 0.717) is 13.2 Å². The molecule has 0 N–H and O–H groups in total. The molecule has 0 bridgehead atoms. The van der Waals surface area contributed by atoms with E-state index in [1.54, 1.807) is 0 Å². The average molecular weight is 669 g/mol. The Morgan fingerprint density at radius 1 is 0.333 bits per heavy atom. The highest BCUT2D eigenvalue weighted by molar-refractivity contribution is 7.92. The molecule has 0 unspecified atom stereocenters. The summed E-state index contributed by atoms with van der Waals surface area (Å²) in [5.74, 6) is 0. The average Bonchev–Trinajstić information content (AvgIpc) is 3.77. The van der Waals surface area contributed by atoms with Crippen molar-refractivity contribution in [3.8, 4) is 0 Å². The molecule has 4 nitrogen and oxygen atoms in total. The summed E-state index contributed by atoms with van der Waals surface area (Å²) in [7, 11) is -5.10. The molecule has 4 atom stereocenters. The van der Waals surface area contributed by atoms with Crippen molar-refractivity contribution in [2.45, 2.75) is 24.4 Å². The van der Waals surface area contributed by atoms with E-state index in [9.17, 15) is 0 Å². The van der Waals surface area contributed by atoms with Crippen LogP contribution in [0, 0.1) is 0 Å². The fourth-order valence-electron chi connectivity index (χ4n) is 7.10. The number of ether oxygens (including phenoxy) is 2. The Balaban J connectivity index is 1.18. The lowest BCUT2D eigenvalue weighted by Gasteiger charge is -2.29. The maximum atomic E-state index is 7.52. The third kappa shape index (κ3) is 5.63. The Morgan fingerprint density at radius 2 is 0.542 bits per heavy atom. The third-order valence-electron chi connectivity index (χ3n) is 9.27. The molecule has 0 aliphatic carbocycles. The zero-order valence-electron chi connectivity index (χ0n) is 26.6. The predicted octanol–water partition coefficient (Wildman–Crippen LogP) is 6.37. The summed E-state index contributed by atoms with van der Waals surface area (Å²) in [6.45, 7) is 0.855. The molecule has 2 heterocycles. The molecular weight excluding hydrogens is 630 g/mol. The van der Waals surface area contributed by atoms with Gasteiger partial charge >= 0.3 is 0 Å². The maximum absolute atomic E-state index is 7.52. The third-order valence-corrected chi connectivity index (χ3v) is 16.6. The molecule has 8 rings (SSSR count). The number of hydrogen-bond donors (Lipinski definition) is 0. The van der Waals surface area contributed by atoms with E-state index in [4.69, 9.17) is 18.5 Å². The molecule has 0 aromatic heterocycles. The molecule has 2 fully saturated rings. The zero-order chi connectivity index (χ0) is 32.2. The monoisotopic (exact) mass is 668 g/mol. The molecule has 238 valence electrons. The van der Waals surface area contributed by atoms with Gasteiger partial charge in [-0.15, -0.1) is 0 Å². The van der Waals surface area contributed by atoms with Crippen molar-refractivity contribution in [1.82, 2.24) is 0 Å². The maximum Gasteiger partial charge on any atom is 0.242 e. The van der Waals surface area contributed by atoms with Crippen LogP contribution in [0.5, 0.6) is 0 Å². The number of benzene rings is 6. The highest BCUT2D eigenvalue weighted by Crippen LogP contribution is 2.61. The SMILES string of the molecule is c1ccc([P+](O[C@@H]2CO[C@H]3[C@@H]2OC[C@H]3O[P+](c2ccccc2)(c2ccccc2)c2ccccc2)(c2ccccc2)c2ccccc2)cc1. The summed E-state index contributed by atoms with van der Waals surface area (Å²) in [5, 5.41) is 6.99. The van der Waals surface area contributed by atoms with Crippen LogP contribution in [0.2, 0.25) is 0 Å². The smallest absolute Gasteiger partial charge is 0.242 e. The van der Waals surface area contributed by atoms with Crippen molar-refractivity contribution in [3.63, 3.8) is 0 Å². The molecule has 0 amide bonds. The van der Waals surface area contributed by atoms with Crippen LogP contribution in [-0.4, -0.2) is 37.6 Å². The Morgan fingerprint density at radius 3 is 0.750 bits per heavy atom. The lowest BCUT2D eigenvalue weighted by Crippen LogP contribution is -2.41. The second-order valence-corrected chi connectivity index (χ2v) is 18.1. The molecule has 2 aliphatic rings. The van der Waals surface area contributed by atoms with Gasteiger partial charge in [-0.3, -0.25) is 0 Å². The van der Waals surface area contributed by atoms with E-state index >= 15 is 0 Å². The van der Waals surface area contributed by atoms with E-state index in [2.05, 4.69) is 182 Å². The quantitative estimate of drug-likeness (QED) is 0.159. The second kappa shape index (κ2) is 13.9. The zero-order valence-corrected chi connectivity index (χ0v) is 28.4. The van der Waals surface area contributed by atoms with Crippen LogP contribution in [0.15, 0.2) is 182 Å². The lowest BCUT2D eigenvalue weighted by atomic mass is 10.1. The van der Waals surface area contributed by atoms with Gasteiger partial charge in [0.2, 0.25) is 15.0 Å². The molecule has 6 aromatic rings. The van der Waals surface area contributed by atoms with Gasteiger partial charge in [-0.05, 0) is 72.8 Å². The fraction of sp³-hybridized carbons (Fsp3) is 0.143.